The zero-order valence-corrected chi connectivity index (χ0v) is 22.5. The molecule has 2 heterocycles. The molecule has 1 aromatic carbocycles. The van der Waals surface area contributed by atoms with Crippen molar-refractivity contribution >= 4 is 21.4 Å². The SMILES string of the molecule is CCCc1nc(C)c2c(=O)[nH]c(-c3cc(S(=O)(=O)N(C)CC(=O)N(CC)CC)ccc3OCC)nn12. The lowest BCUT2D eigenvalue weighted by Crippen LogP contribution is -2.41. The number of benzene rings is 1. The number of likely N-dealkylation sites (N-methyl/N-ethyl adjacent to an activating group) is 2. The molecule has 3 aromatic rings. The molecule has 0 saturated heterocycles. The number of nitrogens with zero attached hydrogens (tertiary/aromatic N) is 5. The molecule has 1 N–H and O–H groups in total. The lowest BCUT2D eigenvalue weighted by molar-refractivity contribution is -0.130. The van der Waals surface area contributed by atoms with E-state index in [2.05, 4.69) is 15.1 Å². The van der Waals surface area contributed by atoms with Crippen LogP contribution < -0.4 is 10.3 Å². The molecule has 196 valence electrons. The highest BCUT2D eigenvalue weighted by molar-refractivity contribution is 7.89. The first kappa shape index (κ1) is 27.3. The first-order valence-corrected chi connectivity index (χ1v) is 13.5. The number of sulfonamides is 1. The molecular weight excluding hydrogens is 484 g/mol. The van der Waals surface area contributed by atoms with E-state index >= 15 is 0 Å². The van der Waals surface area contributed by atoms with Gasteiger partial charge in [0.2, 0.25) is 15.9 Å². The van der Waals surface area contributed by atoms with E-state index in [9.17, 15) is 18.0 Å². The minimum atomic E-state index is -4.02. The van der Waals surface area contributed by atoms with Crippen LogP contribution in [0.2, 0.25) is 0 Å². The monoisotopic (exact) mass is 518 g/mol. The first-order valence-electron chi connectivity index (χ1n) is 12.1. The lowest BCUT2D eigenvalue weighted by Gasteiger charge is -2.23. The number of fused-ring (bicyclic) bond motifs is 1. The summed E-state index contributed by atoms with van der Waals surface area (Å²) < 4.78 is 35.0. The van der Waals surface area contributed by atoms with Gasteiger partial charge in [0, 0.05) is 26.6 Å². The second-order valence-electron chi connectivity index (χ2n) is 8.34. The highest BCUT2D eigenvalue weighted by atomic mass is 32.2. The topological polar surface area (TPSA) is 130 Å². The molecule has 0 atom stereocenters. The maximum absolute atomic E-state index is 13.3. The highest BCUT2D eigenvalue weighted by Crippen LogP contribution is 2.31. The van der Waals surface area contributed by atoms with Crippen LogP contribution in [0.4, 0.5) is 0 Å². The summed E-state index contributed by atoms with van der Waals surface area (Å²) in [6.07, 6.45) is 1.45. The molecule has 11 nitrogen and oxygen atoms in total. The molecule has 3 rings (SSSR count). The fourth-order valence-corrected chi connectivity index (χ4v) is 5.16. The van der Waals surface area contributed by atoms with E-state index in [1.54, 1.807) is 18.7 Å². The number of H-pyrrole nitrogens is 1. The minimum Gasteiger partial charge on any atom is -0.493 e. The second kappa shape index (κ2) is 11.2. The van der Waals surface area contributed by atoms with Crippen LogP contribution in [0.3, 0.4) is 0 Å². The molecule has 0 fully saturated rings. The minimum absolute atomic E-state index is 0.0471. The van der Waals surface area contributed by atoms with E-state index in [1.165, 1.54) is 29.8 Å². The van der Waals surface area contributed by atoms with Gasteiger partial charge in [-0.2, -0.15) is 4.31 Å². The van der Waals surface area contributed by atoms with Gasteiger partial charge in [-0.1, -0.05) is 6.92 Å². The number of aromatic amines is 1. The van der Waals surface area contributed by atoms with Crippen LogP contribution in [0, 0.1) is 6.92 Å². The Morgan fingerprint density at radius 2 is 1.86 bits per heavy atom. The van der Waals surface area contributed by atoms with Crippen molar-refractivity contribution in [3.63, 3.8) is 0 Å². The highest BCUT2D eigenvalue weighted by Gasteiger charge is 2.26. The van der Waals surface area contributed by atoms with Crippen molar-refractivity contribution in [3.8, 4) is 17.1 Å². The van der Waals surface area contributed by atoms with Gasteiger partial charge in [-0.25, -0.2) is 17.9 Å². The summed E-state index contributed by atoms with van der Waals surface area (Å²) in [5.74, 6) is 0.890. The van der Waals surface area contributed by atoms with Crippen molar-refractivity contribution in [3.05, 3.63) is 40.1 Å². The first-order chi connectivity index (χ1) is 17.1. The van der Waals surface area contributed by atoms with Crippen LogP contribution in [0.25, 0.3) is 16.9 Å². The second-order valence-corrected chi connectivity index (χ2v) is 10.4. The summed E-state index contributed by atoms with van der Waals surface area (Å²) in [6, 6.07) is 4.36. The molecule has 2 aromatic heterocycles. The standard InChI is InChI=1S/C24H34N6O5S/c1-7-11-20-25-16(5)22-24(32)26-23(27-30(20)22)18-14-17(12-13-19(18)35-10-4)36(33,34)28(6)15-21(31)29(8-2)9-3/h12-14H,7-11,15H2,1-6H3,(H,26,27,32). The maximum Gasteiger partial charge on any atom is 0.277 e. The van der Waals surface area contributed by atoms with Crippen molar-refractivity contribution in [2.45, 2.75) is 52.4 Å². The molecule has 0 aliphatic rings. The van der Waals surface area contributed by atoms with Crippen LogP contribution in [0.15, 0.2) is 27.9 Å². The van der Waals surface area contributed by atoms with E-state index < -0.39 is 10.0 Å². The normalized spacial score (nSPS) is 11.9. The fraction of sp³-hybridized carbons (Fsp3) is 0.500. The van der Waals surface area contributed by atoms with Crippen molar-refractivity contribution in [1.82, 2.24) is 28.8 Å². The van der Waals surface area contributed by atoms with Gasteiger partial charge in [-0.3, -0.25) is 9.59 Å². The van der Waals surface area contributed by atoms with Crippen LogP contribution >= 0.6 is 0 Å². The van der Waals surface area contributed by atoms with Gasteiger partial charge in [-0.15, -0.1) is 5.10 Å². The molecular formula is C24H34N6O5S. The van der Waals surface area contributed by atoms with Crippen molar-refractivity contribution < 1.29 is 17.9 Å². The summed E-state index contributed by atoms with van der Waals surface area (Å²) in [6.45, 7) is 10.3. The average molecular weight is 519 g/mol. The van der Waals surface area contributed by atoms with Crippen LogP contribution in [-0.4, -0.2) is 76.4 Å². The third-order valence-corrected chi connectivity index (χ3v) is 7.70. The zero-order valence-electron chi connectivity index (χ0n) is 21.7. The molecule has 0 aliphatic carbocycles. The largest absolute Gasteiger partial charge is 0.493 e. The number of carbonyl (C=O) groups is 1. The van der Waals surface area contributed by atoms with Crippen molar-refractivity contribution in [2.75, 3.05) is 33.3 Å². The molecule has 12 heteroatoms. The van der Waals surface area contributed by atoms with Gasteiger partial charge in [0.1, 0.15) is 11.6 Å². The number of hydrogen-bond acceptors (Lipinski definition) is 7. The number of aryl methyl sites for hydroxylation is 2. The molecule has 0 aliphatic heterocycles. The van der Waals surface area contributed by atoms with Gasteiger partial charge in [0.15, 0.2) is 11.3 Å². The van der Waals surface area contributed by atoms with Crippen molar-refractivity contribution in [2.24, 2.45) is 0 Å². The fourth-order valence-electron chi connectivity index (χ4n) is 4.01. The molecule has 1 amide bonds. The molecule has 0 bridgehead atoms. The van der Waals surface area contributed by atoms with E-state index in [-0.39, 0.29) is 28.7 Å². The van der Waals surface area contributed by atoms with Crippen molar-refractivity contribution in [1.29, 1.82) is 0 Å². The number of imidazole rings is 1. The van der Waals surface area contributed by atoms with E-state index in [0.717, 1.165) is 10.7 Å². The third-order valence-electron chi connectivity index (χ3n) is 5.90. The number of ether oxygens (including phenoxy) is 1. The smallest absolute Gasteiger partial charge is 0.277 e. The predicted molar refractivity (Wildman–Crippen MR) is 137 cm³/mol. The quantitative estimate of drug-likeness (QED) is 0.412. The Labute approximate surface area is 211 Å². The third kappa shape index (κ3) is 5.29. The number of nitrogens with one attached hydrogen (secondary N) is 1. The lowest BCUT2D eigenvalue weighted by atomic mass is 10.2. The van der Waals surface area contributed by atoms with Crippen LogP contribution in [0.1, 0.15) is 45.6 Å². The number of carbonyl (C=O) groups excluding carboxylic acids is 1. The maximum atomic E-state index is 13.3. The summed E-state index contributed by atoms with van der Waals surface area (Å²) in [5, 5.41) is 4.60. The Balaban J connectivity index is 2.12. The van der Waals surface area contributed by atoms with Gasteiger partial charge in [-0.05, 0) is 52.3 Å². The predicted octanol–water partition coefficient (Wildman–Crippen LogP) is 2.23. The summed E-state index contributed by atoms with van der Waals surface area (Å²) in [7, 11) is -2.65. The molecule has 36 heavy (non-hydrogen) atoms. The Kier molecular flexibility index (Phi) is 8.51. The number of amides is 1. The van der Waals surface area contributed by atoms with Gasteiger partial charge in [0.25, 0.3) is 5.56 Å². The summed E-state index contributed by atoms with van der Waals surface area (Å²) in [5.41, 5.74) is 0.845. The summed E-state index contributed by atoms with van der Waals surface area (Å²) >= 11 is 0. The van der Waals surface area contributed by atoms with Gasteiger partial charge >= 0.3 is 0 Å². The Hall–Kier alpha value is -3.25. The molecule has 0 unspecified atom stereocenters. The Morgan fingerprint density at radius 1 is 1.17 bits per heavy atom. The van der Waals surface area contributed by atoms with Gasteiger partial charge in [0.05, 0.1) is 29.3 Å². The van der Waals surface area contributed by atoms with E-state index in [4.69, 9.17) is 4.74 Å². The molecule has 0 spiro atoms. The van der Waals surface area contributed by atoms with E-state index in [1.807, 2.05) is 20.8 Å². The molecule has 0 radical (unpaired) electrons. The average Bonchev–Trinajstić information content (AvgIpc) is 3.15. The van der Waals surface area contributed by atoms with Gasteiger partial charge < -0.3 is 14.6 Å². The number of rotatable bonds is 11. The summed E-state index contributed by atoms with van der Waals surface area (Å²) in [4.78, 5) is 34.2. The molecule has 0 saturated carbocycles. The zero-order chi connectivity index (χ0) is 26.6. The number of hydrogen-bond donors (Lipinski definition) is 1. The Bertz CT molecular complexity index is 1410. The Morgan fingerprint density at radius 3 is 2.47 bits per heavy atom. The van der Waals surface area contributed by atoms with Crippen LogP contribution in [0.5, 0.6) is 5.75 Å². The number of aromatic nitrogens is 4. The van der Waals surface area contributed by atoms with E-state index in [0.29, 0.717) is 54.5 Å². The van der Waals surface area contributed by atoms with Crippen LogP contribution in [-0.2, 0) is 21.2 Å².